The van der Waals surface area contributed by atoms with Gasteiger partial charge in [0, 0.05) is 0 Å². The van der Waals surface area contributed by atoms with Crippen molar-refractivity contribution in [2.24, 2.45) is 0 Å². The number of nitrogens with one attached hydrogen (secondary N) is 1. The Kier molecular flexibility index (Phi) is 5.02. The minimum Gasteiger partial charge on any atom is -0.393 e. The molecule has 11 heavy (non-hydrogen) atoms. The van der Waals surface area contributed by atoms with E-state index < -0.39 is 12.0 Å². The van der Waals surface area contributed by atoms with Gasteiger partial charge in [-0.15, -0.1) is 0 Å². The normalized spacial score (nSPS) is 12.9. The highest BCUT2D eigenvalue weighted by Gasteiger charge is 1.92. The van der Waals surface area contributed by atoms with Gasteiger partial charge in [-0.3, -0.25) is 14.9 Å². The van der Waals surface area contributed by atoms with E-state index in [0.717, 1.165) is 0 Å². The number of imide groups is 1. The number of carbonyl (C=O) groups is 2. The maximum absolute atomic E-state index is 10.5. The smallest absolute Gasteiger partial charge is 0.250 e. The minimum absolute atomic E-state index is 0.315. The van der Waals surface area contributed by atoms with Gasteiger partial charge in [-0.1, -0.05) is 6.08 Å². The summed E-state index contributed by atoms with van der Waals surface area (Å²) in [6, 6.07) is 0. The van der Waals surface area contributed by atoms with Crippen LogP contribution < -0.4 is 5.32 Å². The SMILES string of the molecule is CC(O)CC=CC(=O)NC=O. The van der Waals surface area contributed by atoms with Gasteiger partial charge in [-0.25, -0.2) is 0 Å². The zero-order chi connectivity index (χ0) is 8.69. The first kappa shape index (κ1) is 9.84. The van der Waals surface area contributed by atoms with Crippen LogP contribution in [0.2, 0.25) is 0 Å². The van der Waals surface area contributed by atoms with Crippen molar-refractivity contribution >= 4 is 12.3 Å². The maximum atomic E-state index is 10.5. The number of aliphatic hydroxyl groups is 1. The van der Waals surface area contributed by atoms with Crippen LogP contribution in [0.25, 0.3) is 0 Å². The largest absolute Gasteiger partial charge is 0.393 e. The van der Waals surface area contributed by atoms with Gasteiger partial charge in [0.05, 0.1) is 6.10 Å². The highest BCUT2D eigenvalue weighted by atomic mass is 16.3. The molecule has 0 fully saturated rings. The molecule has 0 aliphatic rings. The van der Waals surface area contributed by atoms with Crippen LogP contribution >= 0.6 is 0 Å². The number of carbonyl (C=O) groups excluding carboxylic acids is 2. The van der Waals surface area contributed by atoms with Crippen molar-refractivity contribution in [1.82, 2.24) is 5.32 Å². The van der Waals surface area contributed by atoms with Crippen molar-refractivity contribution in [3.8, 4) is 0 Å². The van der Waals surface area contributed by atoms with E-state index in [1.807, 2.05) is 5.32 Å². The second kappa shape index (κ2) is 5.61. The van der Waals surface area contributed by atoms with Crippen molar-refractivity contribution in [1.29, 1.82) is 0 Å². The molecule has 4 nitrogen and oxygen atoms in total. The molecule has 0 saturated heterocycles. The van der Waals surface area contributed by atoms with Gasteiger partial charge in [0.15, 0.2) is 0 Å². The molecule has 2 N–H and O–H groups in total. The number of rotatable bonds is 4. The Morgan fingerprint density at radius 2 is 2.36 bits per heavy atom. The van der Waals surface area contributed by atoms with Gasteiger partial charge in [0.1, 0.15) is 0 Å². The first-order valence-electron chi connectivity index (χ1n) is 3.25. The van der Waals surface area contributed by atoms with Crippen molar-refractivity contribution in [2.45, 2.75) is 19.4 Å². The molecule has 0 aromatic rings. The number of amides is 2. The molecule has 1 unspecified atom stereocenters. The Balaban J connectivity index is 3.56. The fourth-order valence-corrected chi connectivity index (χ4v) is 0.478. The lowest BCUT2D eigenvalue weighted by Gasteiger charge is -1.95. The van der Waals surface area contributed by atoms with E-state index >= 15 is 0 Å². The fourth-order valence-electron chi connectivity index (χ4n) is 0.478. The molecule has 0 aliphatic heterocycles. The van der Waals surface area contributed by atoms with E-state index in [9.17, 15) is 9.59 Å². The highest BCUT2D eigenvalue weighted by Crippen LogP contribution is 1.89. The lowest BCUT2D eigenvalue weighted by molar-refractivity contribution is -0.121. The summed E-state index contributed by atoms with van der Waals surface area (Å²) in [7, 11) is 0. The van der Waals surface area contributed by atoms with Gasteiger partial charge in [0.2, 0.25) is 12.3 Å². The highest BCUT2D eigenvalue weighted by molar-refractivity contribution is 5.94. The van der Waals surface area contributed by atoms with Gasteiger partial charge in [0.25, 0.3) is 0 Å². The average molecular weight is 157 g/mol. The Morgan fingerprint density at radius 3 is 2.82 bits per heavy atom. The molecule has 0 spiro atoms. The molecule has 0 heterocycles. The Bertz CT molecular complexity index is 163. The van der Waals surface area contributed by atoms with Crippen LogP contribution in [0.4, 0.5) is 0 Å². The molecule has 0 saturated carbocycles. The second-order valence-electron chi connectivity index (χ2n) is 2.11. The summed E-state index contributed by atoms with van der Waals surface area (Å²) in [5.41, 5.74) is 0. The van der Waals surface area contributed by atoms with Crippen LogP contribution in [0.3, 0.4) is 0 Å². The summed E-state index contributed by atoms with van der Waals surface area (Å²) in [6.45, 7) is 1.61. The summed E-state index contributed by atoms with van der Waals surface area (Å²) in [5.74, 6) is -0.472. The molecule has 62 valence electrons. The lowest BCUT2D eigenvalue weighted by Crippen LogP contribution is -2.18. The number of hydrogen-bond acceptors (Lipinski definition) is 3. The van der Waals surface area contributed by atoms with E-state index in [-0.39, 0.29) is 0 Å². The maximum Gasteiger partial charge on any atom is 0.250 e. The standard InChI is InChI=1S/C7H11NO3/c1-6(10)3-2-4-7(11)8-5-9/h2,4-6,10H,3H2,1H3,(H,8,9,11). The molecule has 0 aromatic carbocycles. The quantitative estimate of drug-likeness (QED) is 0.430. The third-order valence-electron chi connectivity index (χ3n) is 0.948. The Hall–Kier alpha value is -1.16. The molecule has 0 radical (unpaired) electrons. The van der Waals surface area contributed by atoms with Crippen LogP contribution in [0.1, 0.15) is 13.3 Å². The van der Waals surface area contributed by atoms with Gasteiger partial charge < -0.3 is 5.11 Å². The first-order chi connectivity index (χ1) is 5.16. The van der Waals surface area contributed by atoms with E-state index in [1.165, 1.54) is 12.2 Å². The summed E-state index contributed by atoms with van der Waals surface area (Å²) in [5, 5.41) is 10.7. The van der Waals surface area contributed by atoms with E-state index in [2.05, 4.69) is 0 Å². The van der Waals surface area contributed by atoms with Gasteiger partial charge in [-0.05, 0) is 19.4 Å². The third kappa shape index (κ3) is 6.73. The lowest BCUT2D eigenvalue weighted by atomic mass is 10.2. The minimum atomic E-state index is -0.472. The van der Waals surface area contributed by atoms with Crippen molar-refractivity contribution < 1.29 is 14.7 Å². The van der Waals surface area contributed by atoms with Gasteiger partial charge in [-0.2, -0.15) is 0 Å². The van der Waals surface area contributed by atoms with E-state index in [1.54, 1.807) is 6.92 Å². The molecule has 0 bridgehead atoms. The number of hydrogen-bond donors (Lipinski definition) is 2. The van der Waals surface area contributed by atoms with Gasteiger partial charge >= 0.3 is 0 Å². The van der Waals surface area contributed by atoms with Crippen LogP contribution in [-0.4, -0.2) is 23.5 Å². The van der Waals surface area contributed by atoms with Crippen LogP contribution in [0.5, 0.6) is 0 Å². The van der Waals surface area contributed by atoms with Crippen molar-refractivity contribution in [2.75, 3.05) is 0 Å². The molecule has 0 aliphatic carbocycles. The summed E-state index contributed by atoms with van der Waals surface area (Å²) >= 11 is 0. The van der Waals surface area contributed by atoms with Crippen LogP contribution in [-0.2, 0) is 9.59 Å². The van der Waals surface area contributed by atoms with Crippen LogP contribution in [0.15, 0.2) is 12.2 Å². The molecule has 4 heteroatoms. The van der Waals surface area contributed by atoms with Crippen molar-refractivity contribution in [3.63, 3.8) is 0 Å². The fraction of sp³-hybridized carbons (Fsp3) is 0.429. The zero-order valence-electron chi connectivity index (χ0n) is 6.28. The van der Waals surface area contributed by atoms with Crippen LogP contribution in [0, 0.1) is 0 Å². The molecule has 0 rings (SSSR count). The summed E-state index contributed by atoms with van der Waals surface area (Å²) < 4.78 is 0. The summed E-state index contributed by atoms with van der Waals surface area (Å²) in [6.07, 6.45) is 2.97. The topological polar surface area (TPSA) is 66.4 Å². The number of aliphatic hydroxyl groups excluding tert-OH is 1. The first-order valence-corrected chi connectivity index (χ1v) is 3.25. The average Bonchev–Trinajstić information content (AvgIpc) is 1.87. The molecule has 1 atom stereocenters. The predicted octanol–water partition coefficient (Wildman–Crippen LogP) is -0.414. The molecular weight excluding hydrogens is 146 g/mol. The second-order valence-corrected chi connectivity index (χ2v) is 2.11. The van der Waals surface area contributed by atoms with E-state index in [0.29, 0.717) is 12.8 Å². The Morgan fingerprint density at radius 1 is 1.73 bits per heavy atom. The van der Waals surface area contributed by atoms with Crippen molar-refractivity contribution in [3.05, 3.63) is 12.2 Å². The molecular formula is C7H11NO3. The zero-order valence-corrected chi connectivity index (χ0v) is 6.28. The third-order valence-corrected chi connectivity index (χ3v) is 0.948. The molecule has 2 amide bonds. The Labute approximate surface area is 64.9 Å². The molecule has 0 aromatic heterocycles. The monoisotopic (exact) mass is 157 g/mol. The predicted molar refractivity (Wildman–Crippen MR) is 39.6 cm³/mol. The summed E-state index contributed by atoms with van der Waals surface area (Å²) in [4.78, 5) is 20.2. The van der Waals surface area contributed by atoms with E-state index in [4.69, 9.17) is 5.11 Å².